The highest BCUT2D eigenvalue weighted by molar-refractivity contribution is 5.23. The van der Waals surface area contributed by atoms with Crippen LogP contribution in [0.25, 0.3) is 0 Å². The van der Waals surface area contributed by atoms with Crippen molar-refractivity contribution in [1.82, 2.24) is 0 Å². The predicted octanol–water partition coefficient (Wildman–Crippen LogP) is 2.47. The van der Waals surface area contributed by atoms with Crippen molar-refractivity contribution < 1.29 is 13.5 Å². The lowest BCUT2D eigenvalue weighted by Crippen LogP contribution is -2.27. The maximum atomic E-state index is 12.7. The SMILES string of the molecule is CCCC(N)COc1cc(F)cc(F)c1. The van der Waals surface area contributed by atoms with Crippen LogP contribution in [0.4, 0.5) is 8.78 Å². The van der Waals surface area contributed by atoms with E-state index in [1.165, 1.54) is 0 Å². The summed E-state index contributed by atoms with van der Waals surface area (Å²) in [7, 11) is 0. The van der Waals surface area contributed by atoms with Crippen LogP contribution in [0.5, 0.6) is 5.75 Å². The van der Waals surface area contributed by atoms with E-state index in [1.807, 2.05) is 6.92 Å². The van der Waals surface area contributed by atoms with Gasteiger partial charge in [0.1, 0.15) is 24.0 Å². The van der Waals surface area contributed by atoms with Crippen molar-refractivity contribution in [2.75, 3.05) is 6.61 Å². The minimum absolute atomic E-state index is 0.0960. The van der Waals surface area contributed by atoms with Crippen LogP contribution in [-0.4, -0.2) is 12.6 Å². The van der Waals surface area contributed by atoms with Crippen LogP contribution in [0.15, 0.2) is 18.2 Å². The lowest BCUT2D eigenvalue weighted by Gasteiger charge is -2.12. The Morgan fingerprint density at radius 2 is 1.87 bits per heavy atom. The van der Waals surface area contributed by atoms with Crippen LogP contribution in [0.1, 0.15) is 19.8 Å². The Morgan fingerprint density at radius 3 is 2.40 bits per heavy atom. The first-order chi connectivity index (χ1) is 7.11. The second-order valence-corrected chi connectivity index (χ2v) is 3.46. The molecule has 2 N–H and O–H groups in total. The molecule has 0 aliphatic rings. The van der Waals surface area contributed by atoms with Gasteiger partial charge in [-0.2, -0.15) is 0 Å². The Hall–Kier alpha value is -1.16. The van der Waals surface area contributed by atoms with Crippen molar-refractivity contribution in [1.29, 1.82) is 0 Å². The molecule has 0 heterocycles. The van der Waals surface area contributed by atoms with Gasteiger partial charge in [0.2, 0.25) is 0 Å². The van der Waals surface area contributed by atoms with E-state index in [1.54, 1.807) is 0 Å². The number of halogens is 2. The largest absolute Gasteiger partial charge is 0.492 e. The van der Waals surface area contributed by atoms with Crippen molar-refractivity contribution in [2.24, 2.45) is 5.73 Å². The van der Waals surface area contributed by atoms with Gasteiger partial charge in [-0.05, 0) is 6.42 Å². The molecule has 0 fully saturated rings. The van der Waals surface area contributed by atoms with Gasteiger partial charge in [-0.1, -0.05) is 13.3 Å². The average Bonchev–Trinajstić information content (AvgIpc) is 2.14. The van der Waals surface area contributed by atoms with Crippen LogP contribution >= 0.6 is 0 Å². The lowest BCUT2D eigenvalue weighted by atomic mass is 10.2. The Labute approximate surface area is 88.0 Å². The third kappa shape index (κ3) is 4.25. The van der Waals surface area contributed by atoms with Gasteiger partial charge in [0.05, 0.1) is 0 Å². The Morgan fingerprint density at radius 1 is 1.27 bits per heavy atom. The molecule has 1 aromatic carbocycles. The monoisotopic (exact) mass is 215 g/mol. The summed E-state index contributed by atoms with van der Waals surface area (Å²) in [5.41, 5.74) is 5.70. The zero-order valence-corrected chi connectivity index (χ0v) is 8.67. The molecule has 4 heteroatoms. The van der Waals surface area contributed by atoms with Gasteiger partial charge in [-0.3, -0.25) is 0 Å². The van der Waals surface area contributed by atoms with Gasteiger partial charge < -0.3 is 10.5 Å². The molecule has 0 aliphatic carbocycles. The second-order valence-electron chi connectivity index (χ2n) is 3.46. The van der Waals surface area contributed by atoms with Crippen LogP contribution in [0.2, 0.25) is 0 Å². The van der Waals surface area contributed by atoms with Gasteiger partial charge >= 0.3 is 0 Å². The molecule has 0 bridgehead atoms. The maximum absolute atomic E-state index is 12.7. The highest BCUT2D eigenvalue weighted by Crippen LogP contribution is 2.15. The standard InChI is InChI=1S/C11H15F2NO/c1-2-3-10(14)7-15-11-5-8(12)4-9(13)6-11/h4-6,10H,2-3,7,14H2,1H3. The third-order valence-electron chi connectivity index (χ3n) is 1.96. The molecule has 2 nitrogen and oxygen atoms in total. The number of benzene rings is 1. The predicted molar refractivity (Wildman–Crippen MR) is 54.7 cm³/mol. The van der Waals surface area contributed by atoms with E-state index in [0.717, 1.165) is 31.0 Å². The fourth-order valence-electron chi connectivity index (χ4n) is 1.27. The zero-order chi connectivity index (χ0) is 11.3. The first-order valence-electron chi connectivity index (χ1n) is 4.96. The quantitative estimate of drug-likeness (QED) is 0.818. The summed E-state index contributed by atoms with van der Waals surface area (Å²) in [6.07, 6.45) is 1.79. The van der Waals surface area contributed by atoms with Crippen LogP contribution in [0.3, 0.4) is 0 Å². The van der Waals surface area contributed by atoms with Gasteiger partial charge in [0, 0.05) is 24.2 Å². The van der Waals surface area contributed by atoms with Crippen LogP contribution < -0.4 is 10.5 Å². The van der Waals surface area contributed by atoms with Crippen LogP contribution in [0, 0.1) is 11.6 Å². The number of hydrogen-bond acceptors (Lipinski definition) is 2. The highest BCUT2D eigenvalue weighted by Gasteiger charge is 2.04. The summed E-state index contributed by atoms with van der Waals surface area (Å²) < 4.78 is 30.7. The molecule has 1 aromatic rings. The molecule has 1 rings (SSSR count). The molecule has 0 spiro atoms. The molecular weight excluding hydrogens is 200 g/mol. The van der Waals surface area contributed by atoms with Crippen LogP contribution in [-0.2, 0) is 0 Å². The van der Waals surface area contributed by atoms with E-state index in [2.05, 4.69) is 0 Å². The zero-order valence-electron chi connectivity index (χ0n) is 8.67. The lowest BCUT2D eigenvalue weighted by molar-refractivity contribution is 0.279. The van der Waals surface area contributed by atoms with Crippen molar-refractivity contribution >= 4 is 0 Å². The molecule has 0 radical (unpaired) electrons. The Kier molecular flexibility index (Phi) is 4.49. The molecule has 0 saturated carbocycles. The smallest absolute Gasteiger partial charge is 0.129 e. The van der Waals surface area contributed by atoms with Crippen molar-refractivity contribution in [3.63, 3.8) is 0 Å². The topological polar surface area (TPSA) is 35.2 Å². The first-order valence-corrected chi connectivity index (χ1v) is 4.96. The minimum atomic E-state index is -0.644. The van der Waals surface area contributed by atoms with Crippen molar-refractivity contribution in [3.05, 3.63) is 29.8 Å². The minimum Gasteiger partial charge on any atom is -0.492 e. The summed E-state index contributed by atoms with van der Waals surface area (Å²) >= 11 is 0. The Balaban J connectivity index is 2.50. The van der Waals surface area contributed by atoms with Gasteiger partial charge in [0.25, 0.3) is 0 Å². The number of hydrogen-bond donors (Lipinski definition) is 1. The molecule has 0 aliphatic heterocycles. The third-order valence-corrected chi connectivity index (χ3v) is 1.96. The maximum Gasteiger partial charge on any atom is 0.129 e. The summed E-state index contributed by atoms with van der Waals surface area (Å²) in [6.45, 7) is 2.29. The van der Waals surface area contributed by atoms with E-state index in [-0.39, 0.29) is 18.4 Å². The fraction of sp³-hybridized carbons (Fsp3) is 0.455. The summed E-state index contributed by atoms with van der Waals surface area (Å²) in [4.78, 5) is 0. The van der Waals surface area contributed by atoms with Crippen molar-refractivity contribution in [3.8, 4) is 5.75 Å². The summed E-state index contributed by atoms with van der Waals surface area (Å²) in [5.74, 6) is -1.11. The number of ether oxygens (including phenoxy) is 1. The number of nitrogens with two attached hydrogens (primary N) is 1. The van der Waals surface area contributed by atoms with Gasteiger partial charge in [-0.15, -0.1) is 0 Å². The van der Waals surface area contributed by atoms with E-state index in [9.17, 15) is 8.78 Å². The molecule has 1 unspecified atom stereocenters. The molecule has 84 valence electrons. The van der Waals surface area contributed by atoms with Gasteiger partial charge in [-0.25, -0.2) is 8.78 Å². The van der Waals surface area contributed by atoms with E-state index < -0.39 is 11.6 Å². The molecule has 0 aromatic heterocycles. The average molecular weight is 215 g/mol. The van der Waals surface area contributed by atoms with Gasteiger partial charge in [0.15, 0.2) is 0 Å². The summed E-state index contributed by atoms with van der Waals surface area (Å²) in [6, 6.07) is 2.99. The molecule has 0 amide bonds. The Bertz CT molecular complexity index is 297. The van der Waals surface area contributed by atoms with E-state index in [4.69, 9.17) is 10.5 Å². The fourth-order valence-corrected chi connectivity index (χ4v) is 1.27. The summed E-state index contributed by atoms with van der Waals surface area (Å²) in [5, 5.41) is 0. The highest BCUT2D eigenvalue weighted by atomic mass is 19.1. The van der Waals surface area contributed by atoms with Crippen molar-refractivity contribution in [2.45, 2.75) is 25.8 Å². The first kappa shape index (κ1) is 11.9. The molecule has 0 saturated heterocycles. The van der Waals surface area contributed by atoms with E-state index in [0.29, 0.717) is 0 Å². The van der Waals surface area contributed by atoms with E-state index >= 15 is 0 Å². The molecule has 1 atom stereocenters. The normalized spacial score (nSPS) is 12.5. The number of rotatable bonds is 5. The molecular formula is C11H15F2NO. The molecule has 15 heavy (non-hydrogen) atoms. The second kappa shape index (κ2) is 5.66.